The minimum atomic E-state index is 0.452. The lowest BCUT2D eigenvalue weighted by Crippen LogP contribution is -2.43. The van der Waals surface area contributed by atoms with Gasteiger partial charge in [0.15, 0.2) is 0 Å². The van der Waals surface area contributed by atoms with Crippen LogP contribution in [0.25, 0.3) is 0 Å². The van der Waals surface area contributed by atoms with E-state index in [1.807, 2.05) is 0 Å². The van der Waals surface area contributed by atoms with E-state index in [-0.39, 0.29) is 0 Å². The standard InChI is InChI=1S/C34H58N4/c1-25(2)31(33(35-27-17-9-5-10-18-27)36-28-19-11-6-12-20-28)32(26(3)4)34(37-29-21-13-7-14-22-29)38-30-23-15-8-16-24-30/h27-30H,5-24H2,1-4H3,(H,35,36)(H,37,38). The molecule has 0 atom stereocenters. The Bertz CT molecular complexity index is 775. The smallest absolute Gasteiger partial charge is 0.129 e. The minimum Gasteiger partial charge on any atom is -0.367 e. The second kappa shape index (κ2) is 15.3. The van der Waals surface area contributed by atoms with Gasteiger partial charge in [-0.25, -0.2) is 0 Å². The van der Waals surface area contributed by atoms with Crippen LogP contribution in [-0.2, 0) is 0 Å². The third kappa shape index (κ3) is 8.71. The van der Waals surface area contributed by atoms with Gasteiger partial charge in [0, 0.05) is 23.2 Å². The monoisotopic (exact) mass is 522 g/mol. The quantitative estimate of drug-likeness (QED) is 0.199. The first-order valence-electron chi connectivity index (χ1n) is 16.6. The molecule has 0 radical (unpaired) electrons. The molecule has 0 aromatic heterocycles. The zero-order valence-electron chi connectivity index (χ0n) is 25.3. The lowest BCUT2D eigenvalue weighted by atomic mass is 9.90. The molecule has 0 aromatic carbocycles. The summed E-state index contributed by atoms with van der Waals surface area (Å²) in [5, 5.41) is 8.11. The van der Waals surface area contributed by atoms with Gasteiger partial charge in [-0.05, 0) is 79.1 Å². The zero-order chi connectivity index (χ0) is 26.7. The Labute approximate surface area is 234 Å². The highest BCUT2D eigenvalue weighted by atomic mass is 15.1. The second-order valence-electron chi connectivity index (χ2n) is 13.2. The fourth-order valence-electron chi connectivity index (χ4n) is 7.22. The SMILES string of the molecule is CC(C)=C(C(=NC1CCCCC1)NC1CCCCC1)C(C(=NC1CCCCC1)NC1CCCCC1)=C(C)C. The van der Waals surface area contributed by atoms with Crippen LogP contribution in [0.2, 0.25) is 0 Å². The molecule has 0 aromatic rings. The van der Waals surface area contributed by atoms with Gasteiger partial charge in [0.05, 0.1) is 12.1 Å². The van der Waals surface area contributed by atoms with Crippen LogP contribution in [-0.4, -0.2) is 35.8 Å². The van der Waals surface area contributed by atoms with Gasteiger partial charge in [-0.2, -0.15) is 0 Å². The number of nitrogens with zero attached hydrogens (tertiary/aromatic N) is 2. The maximum Gasteiger partial charge on any atom is 0.129 e. The maximum absolute atomic E-state index is 5.56. The number of nitrogens with one attached hydrogen (secondary N) is 2. The molecule has 38 heavy (non-hydrogen) atoms. The van der Waals surface area contributed by atoms with E-state index in [0.29, 0.717) is 24.2 Å². The van der Waals surface area contributed by atoms with E-state index in [1.54, 1.807) is 0 Å². The predicted octanol–water partition coefficient (Wildman–Crippen LogP) is 8.97. The number of allylic oxidation sites excluding steroid dienone is 2. The van der Waals surface area contributed by atoms with Crippen LogP contribution < -0.4 is 10.6 Å². The fourth-order valence-corrected chi connectivity index (χ4v) is 7.22. The lowest BCUT2D eigenvalue weighted by molar-refractivity contribution is 0.407. The molecule has 0 amide bonds. The van der Waals surface area contributed by atoms with E-state index < -0.39 is 0 Å². The molecule has 4 saturated carbocycles. The Kier molecular flexibility index (Phi) is 11.8. The Balaban J connectivity index is 1.73. The van der Waals surface area contributed by atoms with Gasteiger partial charge in [0.1, 0.15) is 11.7 Å². The van der Waals surface area contributed by atoms with Crippen LogP contribution in [0, 0.1) is 0 Å². The topological polar surface area (TPSA) is 48.8 Å². The van der Waals surface area contributed by atoms with Crippen molar-refractivity contribution in [3.05, 3.63) is 22.3 Å². The predicted molar refractivity (Wildman–Crippen MR) is 165 cm³/mol. The molecule has 0 heterocycles. The first-order chi connectivity index (χ1) is 18.5. The summed E-state index contributed by atoms with van der Waals surface area (Å²) in [5.74, 6) is 2.34. The third-order valence-corrected chi connectivity index (χ3v) is 9.39. The van der Waals surface area contributed by atoms with Gasteiger partial charge in [0.25, 0.3) is 0 Å². The first-order valence-corrected chi connectivity index (χ1v) is 16.6. The highest BCUT2D eigenvalue weighted by Crippen LogP contribution is 2.29. The molecule has 0 bridgehead atoms. The van der Waals surface area contributed by atoms with Gasteiger partial charge in [-0.1, -0.05) is 88.2 Å². The van der Waals surface area contributed by atoms with Crippen molar-refractivity contribution in [1.29, 1.82) is 0 Å². The molecule has 0 aliphatic heterocycles. The van der Waals surface area contributed by atoms with Crippen LogP contribution in [0.1, 0.15) is 156 Å². The van der Waals surface area contributed by atoms with Crippen molar-refractivity contribution in [2.75, 3.05) is 0 Å². The first kappa shape index (κ1) is 29.4. The highest BCUT2D eigenvalue weighted by Gasteiger charge is 2.28. The van der Waals surface area contributed by atoms with Crippen LogP contribution in [0.3, 0.4) is 0 Å². The molecule has 4 heteroatoms. The van der Waals surface area contributed by atoms with Crippen molar-refractivity contribution >= 4 is 11.7 Å². The van der Waals surface area contributed by atoms with E-state index >= 15 is 0 Å². The number of rotatable bonds is 7. The fraction of sp³-hybridized carbons (Fsp3) is 0.824. The molecule has 4 nitrogen and oxygen atoms in total. The Hall–Kier alpha value is -1.58. The molecule has 2 N–H and O–H groups in total. The molecule has 214 valence electrons. The zero-order valence-corrected chi connectivity index (χ0v) is 25.3. The number of aliphatic imine (C=N–C) groups is 2. The van der Waals surface area contributed by atoms with Crippen molar-refractivity contribution in [1.82, 2.24) is 10.6 Å². The summed E-state index contributed by atoms with van der Waals surface area (Å²) in [4.78, 5) is 11.1. The van der Waals surface area contributed by atoms with E-state index in [9.17, 15) is 0 Å². The highest BCUT2D eigenvalue weighted by molar-refractivity contribution is 6.16. The van der Waals surface area contributed by atoms with E-state index in [2.05, 4.69) is 38.3 Å². The molecule has 4 rings (SSSR count). The lowest BCUT2D eigenvalue weighted by Gasteiger charge is -2.32. The maximum atomic E-state index is 5.56. The van der Waals surface area contributed by atoms with E-state index in [4.69, 9.17) is 9.98 Å². The number of amidine groups is 2. The summed E-state index contributed by atoms with van der Waals surface area (Å²) in [6.45, 7) is 9.21. The van der Waals surface area contributed by atoms with Gasteiger partial charge < -0.3 is 10.6 Å². The molecular formula is C34H58N4. The third-order valence-electron chi connectivity index (χ3n) is 9.39. The van der Waals surface area contributed by atoms with Crippen LogP contribution in [0.4, 0.5) is 0 Å². The van der Waals surface area contributed by atoms with Crippen LogP contribution in [0.5, 0.6) is 0 Å². The van der Waals surface area contributed by atoms with Crippen molar-refractivity contribution < 1.29 is 0 Å². The molecule has 0 saturated heterocycles. The average Bonchev–Trinajstić information content (AvgIpc) is 2.93. The molecule has 4 fully saturated rings. The Morgan fingerprint density at radius 1 is 0.421 bits per heavy atom. The molecular weight excluding hydrogens is 464 g/mol. The summed E-state index contributed by atoms with van der Waals surface area (Å²) in [5.41, 5.74) is 5.39. The van der Waals surface area contributed by atoms with Crippen molar-refractivity contribution in [2.24, 2.45) is 9.98 Å². The van der Waals surface area contributed by atoms with Gasteiger partial charge in [0.2, 0.25) is 0 Å². The minimum absolute atomic E-state index is 0.452. The number of hydrogen-bond acceptors (Lipinski definition) is 2. The van der Waals surface area contributed by atoms with Crippen LogP contribution in [0.15, 0.2) is 32.3 Å². The number of hydrogen-bond donors (Lipinski definition) is 2. The summed E-state index contributed by atoms with van der Waals surface area (Å²) in [7, 11) is 0. The summed E-state index contributed by atoms with van der Waals surface area (Å²) in [6, 6.07) is 1.99. The molecule has 4 aliphatic carbocycles. The Morgan fingerprint density at radius 2 is 0.711 bits per heavy atom. The second-order valence-corrected chi connectivity index (χ2v) is 13.2. The van der Waals surface area contributed by atoms with Crippen LogP contribution >= 0.6 is 0 Å². The van der Waals surface area contributed by atoms with Gasteiger partial charge >= 0.3 is 0 Å². The largest absolute Gasteiger partial charge is 0.367 e. The summed E-state index contributed by atoms with van der Waals surface area (Å²) in [6.07, 6.45) is 26.2. The van der Waals surface area contributed by atoms with Gasteiger partial charge in [-0.3, -0.25) is 9.98 Å². The average molecular weight is 523 g/mol. The molecule has 0 spiro atoms. The van der Waals surface area contributed by atoms with Gasteiger partial charge in [-0.15, -0.1) is 0 Å². The normalized spacial score (nSPS) is 23.7. The van der Waals surface area contributed by atoms with E-state index in [1.165, 1.54) is 162 Å². The van der Waals surface area contributed by atoms with Crippen molar-refractivity contribution in [3.8, 4) is 0 Å². The van der Waals surface area contributed by atoms with E-state index in [0.717, 1.165) is 0 Å². The van der Waals surface area contributed by atoms with Crippen molar-refractivity contribution in [2.45, 2.75) is 180 Å². The van der Waals surface area contributed by atoms with Crippen molar-refractivity contribution in [3.63, 3.8) is 0 Å². The molecule has 4 aliphatic rings. The molecule has 0 unspecified atom stereocenters. The summed E-state index contributed by atoms with van der Waals surface area (Å²) < 4.78 is 0. The Morgan fingerprint density at radius 3 is 1.00 bits per heavy atom. The summed E-state index contributed by atoms with van der Waals surface area (Å²) >= 11 is 0.